The maximum atomic E-state index is 13.4. The third-order valence-corrected chi connectivity index (χ3v) is 5.25. The third kappa shape index (κ3) is 3.59. The third-order valence-electron chi connectivity index (χ3n) is 5.25. The van der Waals surface area contributed by atoms with E-state index >= 15 is 0 Å². The van der Waals surface area contributed by atoms with Gasteiger partial charge >= 0.3 is 0 Å². The van der Waals surface area contributed by atoms with Gasteiger partial charge in [0.25, 0.3) is 5.91 Å². The highest BCUT2D eigenvalue weighted by Crippen LogP contribution is 2.39. The minimum absolute atomic E-state index is 0.127. The second-order valence-corrected chi connectivity index (χ2v) is 7.13. The SMILES string of the molecule is CCOCCCN1C(=O)c2oc3ccccc3c(=O)c2[C@H]1c1cccc(OCC)c1. The Balaban J connectivity index is 1.83. The average Bonchev–Trinajstić information content (AvgIpc) is 3.04. The predicted octanol–water partition coefficient (Wildman–Crippen LogP) is 4.16. The van der Waals surface area contributed by atoms with Crippen molar-refractivity contribution in [2.24, 2.45) is 0 Å². The first-order valence-corrected chi connectivity index (χ1v) is 10.3. The van der Waals surface area contributed by atoms with Gasteiger partial charge in [0.05, 0.1) is 23.6 Å². The average molecular weight is 407 g/mol. The summed E-state index contributed by atoms with van der Waals surface area (Å²) in [7, 11) is 0. The maximum absolute atomic E-state index is 13.4. The Labute approximate surface area is 175 Å². The molecule has 3 aromatic rings. The molecule has 4 rings (SSSR count). The number of ether oxygens (including phenoxy) is 2. The van der Waals surface area contributed by atoms with Crippen LogP contribution in [-0.2, 0) is 4.74 Å². The van der Waals surface area contributed by atoms with E-state index in [4.69, 9.17) is 13.9 Å². The normalized spacial score (nSPS) is 15.6. The van der Waals surface area contributed by atoms with Crippen LogP contribution in [0, 0.1) is 0 Å². The molecule has 1 aliphatic rings. The van der Waals surface area contributed by atoms with Crippen molar-refractivity contribution < 1.29 is 18.7 Å². The fraction of sp³-hybridized carbons (Fsp3) is 0.333. The summed E-state index contributed by atoms with van der Waals surface area (Å²) in [6.07, 6.45) is 0.670. The number of benzene rings is 2. The Morgan fingerprint density at radius 2 is 1.87 bits per heavy atom. The van der Waals surface area contributed by atoms with Gasteiger partial charge in [-0.15, -0.1) is 0 Å². The number of para-hydroxylation sites is 1. The molecule has 1 amide bonds. The summed E-state index contributed by atoms with van der Waals surface area (Å²) < 4.78 is 17.0. The number of amides is 1. The molecule has 0 saturated heterocycles. The summed E-state index contributed by atoms with van der Waals surface area (Å²) in [6, 6.07) is 14.1. The van der Waals surface area contributed by atoms with Crippen molar-refractivity contribution >= 4 is 16.9 Å². The van der Waals surface area contributed by atoms with Crippen molar-refractivity contribution in [1.29, 1.82) is 0 Å². The lowest BCUT2D eigenvalue weighted by atomic mass is 9.98. The molecule has 6 nitrogen and oxygen atoms in total. The number of nitrogens with zero attached hydrogens (tertiary/aromatic N) is 1. The lowest BCUT2D eigenvalue weighted by Crippen LogP contribution is -2.31. The fourth-order valence-electron chi connectivity index (χ4n) is 3.97. The summed E-state index contributed by atoms with van der Waals surface area (Å²) in [5.41, 5.74) is 1.47. The maximum Gasteiger partial charge on any atom is 0.290 e. The largest absolute Gasteiger partial charge is 0.494 e. The highest BCUT2D eigenvalue weighted by molar-refractivity contribution is 5.99. The quantitative estimate of drug-likeness (QED) is 0.525. The lowest BCUT2D eigenvalue weighted by molar-refractivity contribution is 0.0695. The van der Waals surface area contributed by atoms with Gasteiger partial charge in [-0.05, 0) is 50.1 Å². The molecule has 0 N–H and O–H groups in total. The van der Waals surface area contributed by atoms with E-state index in [9.17, 15) is 9.59 Å². The van der Waals surface area contributed by atoms with Gasteiger partial charge in [0.15, 0.2) is 5.43 Å². The summed E-state index contributed by atoms with van der Waals surface area (Å²) in [5, 5.41) is 0.478. The Kier molecular flexibility index (Phi) is 5.86. The Morgan fingerprint density at radius 1 is 1.03 bits per heavy atom. The monoisotopic (exact) mass is 407 g/mol. The molecular weight excluding hydrogens is 382 g/mol. The second kappa shape index (κ2) is 8.71. The first kappa shape index (κ1) is 20.2. The smallest absolute Gasteiger partial charge is 0.290 e. The van der Waals surface area contributed by atoms with E-state index in [-0.39, 0.29) is 17.1 Å². The first-order valence-electron chi connectivity index (χ1n) is 10.3. The number of rotatable bonds is 8. The fourth-order valence-corrected chi connectivity index (χ4v) is 3.97. The number of carbonyl (C=O) groups is 1. The van der Waals surface area contributed by atoms with Crippen molar-refractivity contribution in [3.63, 3.8) is 0 Å². The van der Waals surface area contributed by atoms with E-state index in [2.05, 4.69) is 0 Å². The molecule has 1 aromatic heterocycles. The molecule has 2 aromatic carbocycles. The highest BCUT2D eigenvalue weighted by atomic mass is 16.5. The van der Waals surface area contributed by atoms with Gasteiger partial charge < -0.3 is 18.8 Å². The minimum Gasteiger partial charge on any atom is -0.494 e. The molecule has 0 saturated carbocycles. The summed E-state index contributed by atoms with van der Waals surface area (Å²) in [4.78, 5) is 28.4. The molecular formula is C24H25NO5. The van der Waals surface area contributed by atoms with Crippen LogP contribution in [0.3, 0.4) is 0 Å². The zero-order valence-electron chi connectivity index (χ0n) is 17.2. The Morgan fingerprint density at radius 3 is 2.67 bits per heavy atom. The van der Waals surface area contributed by atoms with Crippen LogP contribution in [0.2, 0.25) is 0 Å². The van der Waals surface area contributed by atoms with E-state index < -0.39 is 6.04 Å². The van der Waals surface area contributed by atoms with Crippen molar-refractivity contribution in [1.82, 2.24) is 4.90 Å². The number of hydrogen-bond acceptors (Lipinski definition) is 5. The summed E-state index contributed by atoms with van der Waals surface area (Å²) in [5.74, 6) is 0.563. The van der Waals surface area contributed by atoms with Crippen LogP contribution < -0.4 is 10.2 Å². The molecule has 1 atom stereocenters. The highest BCUT2D eigenvalue weighted by Gasteiger charge is 2.42. The minimum atomic E-state index is -0.518. The zero-order valence-corrected chi connectivity index (χ0v) is 17.2. The molecule has 30 heavy (non-hydrogen) atoms. The molecule has 0 aliphatic carbocycles. The van der Waals surface area contributed by atoms with Crippen LogP contribution in [0.5, 0.6) is 5.75 Å². The van der Waals surface area contributed by atoms with Gasteiger partial charge in [0.1, 0.15) is 11.3 Å². The van der Waals surface area contributed by atoms with E-state index in [1.165, 1.54) is 0 Å². The summed E-state index contributed by atoms with van der Waals surface area (Å²) >= 11 is 0. The van der Waals surface area contributed by atoms with Crippen molar-refractivity contribution in [2.75, 3.05) is 26.4 Å². The van der Waals surface area contributed by atoms with Gasteiger partial charge in [-0.2, -0.15) is 0 Å². The molecule has 2 heterocycles. The van der Waals surface area contributed by atoms with Crippen LogP contribution in [0.25, 0.3) is 11.0 Å². The van der Waals surface area contributed by atoms with Crippen LogP contribution in [0.15, 0.2) is 57.7 Å². The van der Waals surface area contributed by atoms with Crippen molar-refractivity contribution in [2.45, 2.75) is 26.3 Å². The second-order valence-electron chi connectivity index (χ2n) is 7.13. The molecule has 0 fully saturated rings. The van der Waals surface area contributed by atoms with Gasteiger partial charge in [-0.3, -0.25) is 9.59 Å². The van der Waals surface area contributed by atoms with E-state index in [0.717, 1.165) is 5.56 Å². The molecule has 0 unspecified atom stereocenters. The van der Waals surface area contributed by atoms with Crippen LogP contribution >= 0.6 is 0 Å². The zero-order chi connectivity index (χ0) is 21.1. The summed E-state index contributed by atoms with van der Waals surface area (Å²) in [6.45, 7) is 6.02. The van der Waals surface area contributed by atoms with E-state index in [0.29, 0.717) is 55.1 Å². The predicted molar refractivity (Wildman–Crippen MR) is 114 cm³/mol. The van der Waals surface area contributed by atoms with Crippen molar-refractivity contribution in [3.8, 4) is 5.75 Å². The standard InChI is InChI=1S/C24H25NO5/c1-3-28-14-8-13-25-21(16-9-7-10-17(15-16)29-4-2)20-22(26)18-11-5-6-12-19(18)30-23(20)24(25)27/h5-7,9-12,15,21H,3-4,8,13-14H2,1-2H3/t21-/m1/s1. The van der Waals surface area contributed by atoms with Gasteiger partial charge in [0, 0.05) is 19.8 Å². The Hall–Kier alpha value is -3.12. The first-order chi connectivity index (χ1) is 14.7. The molecule has 6 heteroatoms. The molecule has 0 bridgehead atoms. The molecule has 0 radical (unpaired) electrons. The van der Waals surface area contributed by atoms with Crippen LogP contribution in [0.1, 0.15) is 48.0 Å². The van der Waals surface area contributed by atoms with Gasteiger partial charge in [-0.25, -0.2) is 0 Å². The van der Waals surface area contributed by atoms with Crippen LogP contribution in [-0.4, -0.2) is 37.2 Å². The number of fused-ring (bicyclic) bond motifs is 2. The van der Waals surface area contributed by atoms with E-state index in [1.54, 1.807) is 29.2 Å². The van der Waals surface area contributed by atoms with E-state index in [1.807, 2.05) is 38.1 Å². The van der Waals surface area contributed by atoms with Gasteiger partial charge in [-0.1, -0.05) is 24.3 Å². The molecule has 156 valence electrons. The Bertz CT molecular complexity index is 1120. The van der Waals surface area contributed by atoms with Crippen LogP contribution in [0.4, 0.5) is 0 Å². The topological polar surface area (TPSA) is 69.0 Å². The molecule has 1 aliphatic heterocycles. The lowest BCUT2D eigenvalue weighted by Gasteiger charge is -2.25. The van der Waals surface area contributed by atoms with Gasteiger partial charge in [0.2, 0.25) is 5.76 Å². The number of carbonyl (C=O) groups excluding carboxylic acids is 1. The molecule has 0 spiro atoms. The van der Waals surface area contributed by atoms with Crippen molar-refractivity contribution in [3.05, 3.63) is 75.6 Å². The number of hydrogen-bond donors (Lipinski definition) is 0.